The van der Waals surface area contributed by atoms with Gasteiger partial charge in [-0.3, -0.25) is 0 Å². The Morgan fingerprint density at radius 2 is 1.68 bits per heavy atom. The molecule has 4 aromatic rings. The van der Waals surface area contributed by atoms with Gasteiger partial charge in [0.25, 0.3) is 0 Å². The molecule has 3 aromatic carbocycles. The van der Waals surface area contributed by atoms with Gasteiger partial charge in [0.2, 0.25) is 10.0 Å². The second-order valence-corrected chi connectivity index (χ2v) is 10.9. The minimum atomic E-state index is -4.66. The van der Waals surface area contributed by atoms with Crippen molar-refractivity contribution in [2.24, 2.45) is 0 Å². The number of imidazole rings is 1. The van der Waals surface area contributed by atoms with E-state index in [9.17, 15) is 21.6 Å². The van der Waals surface area contributed by atoms with Crippen LogP contribution >= 0.6 is 11.8 Å². The zero-order valence-corrected chi connectivity index (χ0v) is 19.4. The summed E-state index contributed by atoms with van der Waals surface area (Å²) in [4.78, 5) is 3.98. The summed E-state index contributed by atoms with van der Waals surface area (Å²) in [5, 5.41) is 1.11. The van der Waals surface area contributed by atoms with Crippen molar-refractivity contribution in [3.63, 3.8) is 0 Å². The number of rotatable bonds is 5. The van der Waals surface area contributed by atoms with Gasteiger partial charge in [0.1, 0.15) is 0 Å². The van der Waals surface area contributed by atoms with Gasteiger partial charge in [-0.1, -0.05) is 65.9 Å². The number of nitrogens with two attached hydrogens (primary N) is 1. The van der Waals surface area contributed by atoms with Crippen LogP contribution in [0.25, 0.3) is 10.8 Å². The van der Waals surface area contributed by atoms with Crippen molar-refractivity contribution in [1.29, 1.82) is 0 Å². The number of alkyl halides is 3. The number of hydrogen-bond acceptors (Lipinski definition) is 5. The predicted octanol–water partition coefficient (Wildman–Crippen LogP) is 4.94. The third-order valence-corrected chi connectivity index (χ3v) is 8.56. The van der Waals surface area contributed by atoms with Gasteiger partial charge in [-0.2, -0.15) is 13.2 Å². The quantitative estimate of drug-likeness (QED) is 0.376. The molecule has 6 nitrogen and oxygen atoms in total. The Balaban J connectivity index is 1.59. The molecule has 1 aliphatic rings. The van der Waals surface area contributed by atoms with E-state index < -0.39 is 33.2 Å². The number of nitrogen functional groups attached to an aromatic ring is 1. The summed E-state index contributed by atoms with van der Waals surface area (Å²) in [7, 11) is -3.93. The van der Waals surface area contributed by atoms with E-state index in [0.29, 0.717) is 10.9 Å². The highest BCUT2D eigenvalue weighted by Crippen LogP contribution is 2.53. The minimum Gasteiger partial charge on any atom is -0.337 e. The lowest BCUT2D eigenvalue weighted by Crippen LogP contribution is -2.30. The molecule has 1 aliphatic carbocycles. The molecule has 11 heteroatoms. The van der Waals surface area contributed by atoms with Crippen LogP contribution in [0.15, 0.2) is 76.9 Å². The van der Waals surface area contributed by atoms with Crippen LogP contribution in [0.2, 0.25) is 0 Å². The molecule has 0 amide bonds. The number of sulfonamides is 1. The zero-order valence-electron chi connectivity index (χ0n) is 17.7. The fourth-order valence-electron chi connectivity index (χ4n) is 4.20. The van der Waals surface area contributed by atoms with Gasteiger partial charge in [-0.25, -0.2) is 22.8 Å². The summed E-state index contributed by atoms with van der Waals surface area (Å²) in [6.45, 7) is 1.86. The molecule has 34 heavy (non-hydrogen) atoms. The standard InChI is InChI=1S/C23H19F3N4O2S2/c1-13-8-10-15(11-9-13)34(31,32)29-20-16-6-2-4-14-5-3-7-17(19(14)16)21(20)33-22-28-12-18(30(22)27)23(24,25)26/h2-12,20-21,29H,27H2,1H3. The summed E-state index contributed by atoms with van der Waals surface area (Å²) in [6.07, 6.45) is -3.98. The number of thioether (sulfide) groups is 1. The molecule has 0 bridgehead atoms. The molecular formula is C23H19F3N4O2S2. The molecule has 2 unspecified atom stereocenters. The molecule has 1 aromatic heterocycles. The first-order valence-electron chi connectivity index (χ1n) is 10.2. The lowest BCUT2D eigenvalue weighted by molar-refractivity contribution is -0.143. The largest absolute Gasteiger partial charge is 0.434 e. The molecule has 0 fully saturated rings. The summed E-state index contributed by atoms with van der Waals surface area (Å²) < 4.78 is 69.5. The van der Waals surface area contributed by atoms with E-state index >= 15 is 0 Å². The predicted molar refractivity (Wildman–Crippen MR) is 124 cm³/mol. The second-order valence-electron chi connectivity index (χ2n) is 8.04. The Labute approximate surface area is 198 Å². The normalized spacial score (nSPS) is 18.0. The van der Waals surface area contributed by atoms with E-state index in [-0.39, 0.29) is 10.1 Å². The van der Waals surface area contributed by atoms with Gasteiger partial charge in [0.05, 0.1) is 22.4 Å². The molecule has 0 aliphatic heterocycles. The Morgan fingerprint density at radius 1 is 1.03 bits per heavy atom. The number of nitrogens with one attached hydrogen (secondary N) is 1. The minimum absolute atomic E-state index is 0.0679. The highest BCUT2D eigenvalue weighted by atomic mass is 32.2. The van der Waals surface area contributed by atoms with Crippen LogP contribution in [0.4, 0.5) is 13.2 Å². The molecule has 5 rings (SSSR count). The first-order chi connectivity index (χ1) is 16.1. The van der Waals surface area contributed by atoms with Gasteiger partial charge in [-0.15, -0.1) is 0 Å². The highest BCUT2D eigenvalue weighted by molar-refractivity contribution is 7.99. The molecular weight excluding hydrogens is 485 g/mol. The van der Waals surface area contributed by atoms with Crippen LogP contribution in [0.5, 0.6) is 0 Å². The summed E-state index contributed by atoms with van der Waals surface area (Å²) in [6, 6.07) is 16.8. The first-order valence-corrected chi connectivity index (χ1v) is 12.6. The number of hydrogen-bond donors (Lipinski definition) is 2. The van der Waals surface area contributed by atoms with Crippen LogP contribution < -0.4 is 10.6 Å². The van der Waals surface area contributed by atoms with Crippen molar-refractivity contribution >= 4 is 32.6 Å². The summed E-state index contributed by atoms with van der Waals surface area (Å²) in [5.74, 6) is 5.72. The van der Waals surface area contributed by atoms with Crippen molar-refractivity contribution in [2.75, 3.05) is 5.84 Å². The Hall–Kier alpha value is -3.02. The Bertz CT molecular complexity index is 1490. The van der Waals surface area contributed by atoms with Crippen molar-refractivity contribution in [3.05, 3.63) is 89.2 Å². The average Bonchev–Trinajstić information content (AvgIpc) is 3.29. The van der Waals surface area contributed by atoms with Gasteiger partial charge in [0, 0.05) is 0 Å². The van der Waals surface area contributed by atoms with Gasteiger partial charge in [0.15, 0.2) is 10.9 Å². The van der Waals surface area contributed by atoms with E-state index in [1.807, 2.05) is 43.3 Å². The monoisotopic (exact) mass is 504 g/mol. The molecule has 0 saturated heterocycles. The number of aromatic nitrogens is 2. The Morgan fingerprint density at radius 3 is 2.29 bits per heavy atom. The molecule has 0 saturated carbocycles. The number of halogens is 3. The van der Waals surface area contributed by atoms with Gasteiger partial charge >= 0.3 is 6.18 Å². The fourth-order valence-corrected chi connectivity index (χ4v) is 6.74. The van der Waals surface area contributed by atoms with Gasteiger partial charge in [-0.05, 0) is 41.0 Å². The highest BCUT2D eigenvalue weighted by Gasteiger charge is 2.40. The maximum atomic E-state index is 13.3. The topological polar surface area (TPSA) is 90.0 Å². The van der Waals surface area contributed by atoms with Crippen LogP contribution in [0.1, 0.15) is 33.7 Å². The zero-order chi connectivity index (χ0) is 24.3. The van der Waals surface area contributed by atoms with Crippen LogP contribution in [-0.4, -0.2) is 18.1 Å². The first kappa shape index (κ1) is 22.8. The van der Waals surface area contributed by atoms with Gasteiger partial charge < -0.3 is 5.84 Å². The molecule has 1 heterocycles. The van der Waals surface area contributed by atoms with Crippen molar-refractivity contribution < 1.29 is 21.6 Å². The number of nitrogens with zero attached hydrogens (tertiary/aromatic N) is 2. The van der Waals surface area contributed by atoms with Crippen LogP contribution in [0, 0.1) is 6.92 Å². The third-order valence-electron chi connectivity index (χ3n) is 5.81. The lowest BCUT2D eigenvalue weighted by atomic mass is 10.1. The van der Waals surface area contributed by atoms with E-state index in [4.69, 9.17) is 5.84 Å². The van der Waals surface area contributed by atoms with Crippen LogP contribution in [-0.2, 0) is 16.2 Å². The van der Waals surface area contributed by atoms with Crippen molar-refractivity contribution in [1.82, 2.24) is 14.4 Å². The molecule has 0 spiro atoms. The average molecular weight is 505 g/mol. The van der Waals surface area contributed by atoms with Crippen molar-refractivity contribution in [2.45, 2.75) is 34.4 Å². The van der Waals surface area contributed by atoms with E-state index in [1.165, 1.54) is 12.1 Å². The van der Waals surface area contributed by atoms with E-state index in [2.05, 4.69) is 9.71 Å². The number of aryl methyl sites for hydroxylation is 1. The van der Waals surface area contributed by atoms with E-state index in [0.717, 1.165) is 39.2 Å². The maximum Gasteiger partial charge on any atom is 0.434 e. The maximum absolute atomic E-state index is 13.3. The second kappa shape index (κ2) is 8.03. The van der Waals surface area contributed by atoms with Crippen LogP contribution in [0.3, 0.4) is 0 Å². The molecule has 3 N–H and O–H groups in total. The van der Waals surface area contributed by atoms with Crippen molar-refractivity contribution in [3.8, 4) is 0 Å². The SMILES string of the molecule is Cc1ccc(S(=O)(=O)NC2c3cccc4cccc(c34)C2Sc2ncc(C(F)(F)F)n2N)cc1. The lowest BCUT2D eigenvalue weighted by Gasteiger charge is -2.22. The molecule has 2 atom stereocenters. The Kier molecular flexibility index (Phi) is 5.38. The summed E-state index contributed by atoms with van der Waals surface area (Å²) in [5.41, 5.74) is 1.37. The third kappa shape index (κ3) is 3.83. The summed E-state index contributed by atoms with van der Waals surface area (Å²) >= 11 is 0.991. The molecule has 176 valence electrons. The van der Waals surface area contributed by atoms with E-state index in [1.54, 1.807) is 12.1 Å². The number of benzene rings is 3. The smallest absolute Gasteiger partial charge is 0.337 e. The molecule has 0 radical (unpaired) electrons. The fraction of sp³-hybridized carbons (Fsp3) is 0.174.